The second-order valence-corrected chi connectivity index (χ2v) is 7.02. The Morgan fingerprint density at radius 3 is 2.46 bits per heavy atom. The van der Waals surface area contributed by atoms with Crippen molar-refractivity contribution < 1.29 is 9.18 Å². The Morgan fingerprint density at radius 2 is 1.77 bits per heavy atom. The Hall–Kier alpha value is -2.36. The Balaban J connectivity index is 1.51. The lowest BCUT2D eigenvalue weighted by atomic mass is 10.1. The molecule has 0 aromatic heterocycles. The molecule has 1 aliphatic rings. The number of anilines is 1. The lowest BCUT2D eigenvalue weighted by molar-refractivity contribution is -0.121. The largest absolute Gasteiger partial charge is 0.372 e. The summed E-state index contributed by atoms with van der Waals surface area (Å²) in [6, 6.07) is 15.0. The van der Waals surface area contributed by atoms with Crippen LogP contribution in [0.15, 0.2) is 48.5 Å². The van der Waals surface area contributed by atoms with Gasteiger partial charge in [0.15, 0.2) is 0 Å². The van der Waals surface area contributed by atoms with Crippen molar-refractivity contribution >= 4 is 11.6 Å². The molecule has 0 radical (unpaired) electrons. The SMILES string of the molecule is C[C@@H](NC(=O)CCc1ccccc1F)c1ccc(N2CCCCC2)cc1. The fourth-order valence-electron chi connectivity index (χ4n) is 3.47. The predicted molar refractivity (Wildman–Crippen MR) is 104 cm³/mol. The molecule has 2 aromatic rings. The van der Waals surface area contributed by atoms with Gasteiger partial charge in [0.2, 0.25) is 5.91 Å². The fraction of sp³-hybridized carbons (Fsp3) is 0.409. The molecule has 0 saturated carbocycles. The molecule has 1 fully saturated rings. The van der Waals surface area contributed by atoms with Crippen LogP contribution in [0.25, 0.3) is 0 Å². The predicted octanol–water partition coefficient (Wildman–Crippen LogP) is 4.63. The van der Waals surface area contributed by atoms with E-state index in [0.29, 0.717) is 12.0 Å². The first-order chi connectivity index (χ1) is 12.6. The highest BCUT2D eigenvalue weighted by atomic mass is 19.1. The average molecular weight is 354 g/mol. The Bertz CT molecular complexity index is 723. The van der Waals surface area contributed by atoms with E-state index in [2.05, 4.69) is 34.5 Å². The van der Waals surface area contributed by atoms with Gasteiger partial charge in [-0.15, -0.1) is 0 Å². The number of nitrogens with zero attached hydrogens (tertiary/aromatic N) is 1. The number of rotatable bonds is 6. The third kappa shape index (κ3) is 4.84. The van der Waals surface area contributed by atoms with Crippen LogP contribution in [-0.2, 0) is 11.2 Å². The number of halogens is 1. The van der Waals surface area contributed by atoms with Gasteiger partial charge >= 0.3 is 0 Å². The monoisotopic (exact) mass is 354 g/mol. The van der Waals surface area contributed by atoms with Gasteiger partial charge in [-0.05, 0) is 61.9 Å². The van der Waals surface area contributed by atoms with Gasteiger partial charge in [-0.3, -0.25) is 4.79 Å². The molecule has 1 heterocycles. The molecular formula is C22H27FN2O. The van der Waals surface area contributed by atoms with Gasteiger partial charge in [-0.1, -0.05) is 30.3 Å². The lowest BCUT2D eigenvalue weighted by Gasteiger charge is -2.29. The molecule has 0 spiro atoms. The maximum absolute atomic E-state index is 13.6. The zero-order valence-corrected chi connectivity index (χ0v) is 15.4. The Kier molecular flexibility index (Phi) is 6.26. The van der Waals surface area contributed by atoms with Crippen molar-refractivity contribution in [1.82, 2.24) is 5.32 Å². The molecule has 2 aromatic carbocycles. The van der Waals surface area contributed by atoms with Crippen LogP contribution >= 0.6 is 0 Å². The third-order valence-corrected chi connectivity index (χ3v) is 5.07. The topological polar surface area (TPSA) is 32.3 Å². The molecule has 1 aliphatic heterocycles. The van der Waals surface area contributed by atoms with E-state index >= 15 is 0 Å². The summed E-state index contributed by atoms with van der Waals surface area (Å²) in [6.07, 6.45) is 4.55. The number of aryl methyl sites for hydroxylation is 1. The normalized spacial score (nSPS) is 15.5. The van der Waals surface area contributed by atoms with Crippen LogP contribution in [0.3, 0.4) is 0 Å². The van der Waals surface area contributed by atoms with Crippen molar-refractivity contribution in [1.29, 1.82) is 0 Å². The fourth-order valence-corrected chi connectivity index (χ4v) is 3.47. The van der Waals surface area contributed by atoms with Gasteiger partial charge in [0.05, 0.1) is 6.04 Å². The lowest BCUT2D eigenvalue weighted by Crippen LogP contribution is -2.29. The van der Waals surface area contributed by atoms with E-state index < -0.39 is 0 Å². The molecule has 0 unspecified atom stereocenters. The van der Waals surface area contributed by atoms with E-state index in [1.54, 1.807) is 18.2 Å². The van der Waals surface area contributed by atoms with Crippen LogP contribution < -0.4 is 10.2 Å². The van der Waals surface area contributed by atoms with E-state index in [4.69, 9.17) is 0 Å². The first-order valence-electron chi connectivity index (χ1n) is 9.51. The zero-order valence-electron chi connectivity index (χ0n) is 15.4. The van der Waals surface area contributed by atoms with Crippen molar-refractivity contribution in [3.8, 4) is 0 Å². The standard InChI is InChI=1S/C22H27FN2O/c1-17(24-22(26)14-11-19-7-3-4-8-21(19)23)18-9-12-20(13-10-18)25-15-5-2-6-16-25/h3-4,7-10,12-13,17H,2,5-6,11,14-16H2,1H3,(H,24,26)/t17-/m1/s1. The van der Waals surface area contributed by atoms with E-state index in [1.165, 1.54) is 31.0 Å². The highest BCUT2D eigenvalue weighted by Crippen LogP contribution is 2.22. The molecule has 26 heavy (non-hydrogen) atoms. The highest BCUT2D eigenvalue weighted by molar-refractivity contribution is 5.76. The number of nitrogens with one attached hydrogen (secondary N) is 1. The van der Waals surface area contributed by atoms with Gasteiger partial charge in [0.1, 0.15) is 5.82 Å². The molecule has 138 valence electrons. The molecule has 1 N–H and O–H groups in total. The quantitative estimate of drug-likeness (QED) is 0.820. The molecule has 3 nitrogen and oxygen atoms in total. The van der Waals surface area contributed by atoms with Crippen molar-refractivity contribution in [2.75, 3.05) is 18.0 Å². The second kappa shape index (κ2) is 8.84. The maximum Gasteiger partial charge on any atom is 0.220 e. The van der Waals surface area contributed by atoms with E-state index in [0.717, 1.165) is 18.7 Å². The minimum atomic E-state index is -0.248. The minimum absolute atomic E-state index is 0.0548. The molecule has 4 heteroatoms. The summed E-state index contributed by atoms with van der Waals surface area (Å²) in [6.45, 7) is 4.24. The van der Waals surface area contributed by atoms with Gasteiger partial charge in [0.25, 0.3) is 0 Å². The molecule has 0 aliphatic carbocycles. The maximum atomic E-state index is 13.6. The molecular weight excluding hydrogens is 327 g/mol. The Morgan fingerprint density at radius 1 is 1.08 bits per heavy atom. The van der Waals surface area contributed by atoms with Gasteiger partial charge < -0.3 is 10.2 Å². The number of carbonyl (C=O) groups is 1. The summed E-state index contributed by atoms with van der Waals surface area (Å²) in [7, 11) is 0. The van der Waals surface area contributed by atoms with Crippen molar-refractivity contribution in [2.24, 2.45) is 0 Å². The second-order valence-electron chi connectivity index (χ2n) is 7.02. The average Bonchev–Trinajstić information content (AvgIpc) is 2.68. The van der Waals surface area contributed by atoms with Crippen LogP contribution in [0, 0.1) is 5.82 Å². The summed E-state index contributed by atoms with van der Waals surface area (Å²) in [5, 5.41) is 3.01. The molecule has 0 bridgehead atoms. The van der Waals surface area contributed by atoms with Gasteiger partial charge in [0, 0.05) is 25.2 Å². The van der Waals surface area contributed by atoms with E-state index in [-0.39, 0.29) is 24.2 Å². The van der Waals surface area contributed by atoms with Crippen molar-refractivity contribution in [2.45, 2.75) is 45.1 Å². The summed E-state index contributed by atoms with van der Waals surface area (Å²) in [5.74, 6) is -0.303. The molecule has 1 saturated heterocycles. The summed E-state index contributed by atoms with van der Waals surface area (Å²) in [4.78, 5) is 14.6. The Labute approximate surface area is 155 Å². The third-order valence-electron chi connectivity index (χ3n) is 5.07. The van der Waals surface area contributed by atoms with Crippen LogP contribution in [0.4, 0.5) is 10.1 Å². The highest BCUT2D eigenvalue weighted by Gasteiger charge is 2.13. The number of benzene rings is 2. The van der Waals surface area contributed by atoms with Crippen molar-refractivity contribution in [3.05, 3.63) is 65.5 Å². The molecule has 1 amide bonds. The van der Waals surface area contributed by atoms with Gasteiger partial charge in [-0.2, -0.15) is 0 Å². The summed E-state index contributed by atoms with van der Waals surface area (Å²) < 4.78 is 13.6. The molecule has 3 rings (SSSR count). The van der Waals surface area contributed by atoms with Crippen LogP contribution in [-0.4, -0.2) is 19.0 Å². The molecule has 1 atom stereocenters. The first-order valence-corrected chi connectivity index (χ1v) is 9.51. The number of hydrogen-bond acceptors (Lipinski definition) is 2. The van der Waals surface area contributed by atoms with Crippen LogP contribution in [0.5, 0.6) is 0 Å². The number of amides is 1. The number of piperidine rings is 1. The summed E-state index contributed by atoms with van der Waals surface area (Å²) in [5.41, 5.74) is 2.93. The first kappa shape index (κ1) is 18.4. The zero-order chi connectivity index (χ0) is 18.4. The van der Waals surface area contributed by atoms with Crippen LogP contribution in [0.2, 0.25) is 0 Å². The number of hydrogen-bond donors (Lipinski definition) is 1. The smallest absolute Gasteiger partial charge is 0.220 e. The van der Waals surface area contributed by atoms with E-state index in [9.17, 15) is 9.18 Å². The number of carbonyl (C=O) groups excluding carboxylic acids is 1. The minimum Gasteiger partial charge on any atom is -0.372 e. The summed E-state index contributed by atoms with van der Waals surface area (Å²) >= 11 is 0. The van der Waals surface area contributed by atoms with Crippen molar-refractivity contribution in [3.63, 3.8) is 0 Å². The van der Waals surface area contributed by atoms with Gasteiger partial charge in [-0.25, -0.2) is 4.39 Å². The van der Waals surface area contributed by atoms with Crippen LogP contribution in [0.1, 0.15) is 49.8 Å². The van der Waals surface area contributed by atoms with E-state index in [1.807, 2.05) is 6.92 Å².